The number of benzene rings is 2. The second-order valence-electron chi connectivity index (χ2n) is 7.85. The van der Waals surface area contributed by atoms with Gasteiger partial charge in [0, 0.05) is 22.5 Å². The highest BCUT2D eigenvalue weighted by Crippen LogP contribution is 2.46. The van der Waals surface area contributed by atoms with Gasteiger partial charge in [-0.1, -0.05) is 42.5 Å². The Morgan fingerprint density at radius 2 is 1.73 bits per heavy atom. The molecule has 2 aromatic carbocycles. The molecule has 8 heteroatoms. The SMILES string of the molecule is COc1ccc([C@H]2SCC(=O)Nc3c2c(-c2ccccc2)nn3-c2nc(C)cc(C)n2)cc1. The summed E-state index contributed by atoms with van der Waals surface area (Å²) in [7, 11) is 1.65. The summed E-state index contributed by atoms with van der Waals surface area (Å²) in [5.41, 5.74) is 5.44. The Labute approximate surface area is 196 Å². The second-order valence-corrected chi connectivity index (χ2v) is 8.95. The Bertz CT molecular complexity index is 1300. The number of thioether (sulfide) groups is 1. The molecule has 1 aliphatic rings. The molecular weight excluding hydrogens is 434 g/mol. The van der Waals surface area contributed by atoms with Crippen molar-refractivity contribution >= 4 is 23.5 Å². The number of hydrogen-bond acceptors (Lipinski definition) is 6. The van der Waals surface area contributed by atoms with Crippen LogP contribution in [0.5, 0.6) is 5.75 Å². The molecule has 1 amide bonds. The number of amides is 1. The molecule has 0 aliphatic carbocycles. The van der Waals surface area contributed by atoms with Gasteiger partial charge in [-0.2, -0.15) is 9.78 Å². The first-order chi connectivity index (χ1) is 16.0. The summed E-state index contributed by atoms with van der Waals surface area (Å²) in [6.45, 7) is 3.85. The monoisotopic (exact) mass is 457 g/mol. The number of carbonyl (C=O) groups excluding carboxylic acids is 1. The molecule has 0 spiro atoms. The highest BCUT2D eigenvalue weighted by atomic mass is 32.2. The van der Waals surface area contributed by atoms with Gasteiger partial charge in [-0.15, -0.1) is 11.8 Å². The predicted molar refractivity (Wildman–Crippen MR) is 130 cm³/mol. The van der Waals surface area contributed by atoms with Gasteiger partial charge in [0.1, 0.15) is 11.6 Å². The summed E-state index contributed by atoms with van der Waals surface area (Å²) < 4.78 is 7.00. The standard InChI is InChI=1S/C25H23N5O2S/c1-15-13-16(2)27-25(26-15)30-24-21(22(29-30)17-7-5-4-6-8-17)23(33-14-20(31)28-24)18-9-11-19(32-3)12-10-18/h4-13,23H,14H2,1-3H3,(H,28,31)/t23-/m1/s1. The lowest BCUT2D eigenvalue weighted by Gasteiger charge is -2.16. The zero-order valence-corrected chi connectivity index (χ0v) is 19.4. The topological polar surface area (TPSA) is 81.9 Å². The molecule has 0 radical (unpaired) electrons. The first-order valence-electron chi connectivity index (χ1n) is 10.6. The van der Waals surface area contributed by atoms with Gasteiger partial charge >= 0.3 is 0 Å². The van der Waals surface area contributed by atoms with Crippen molar-refractivity contribution in [3.8, 4) is 23.0 Å². The molecule has 166 valence electrons. The van der Waals surface area contributed by atoms with E-state index in [9.17, 15) is 4.79 Å². The average molecular weight is 458 g/mol. The number of anilines is 1. The van der Waals surface area contributed by atoms with Crippen LogP contribution >= 0.6 is 11.8 Å². The van der Waals surface area contributed by atoms with Crippen molar-refractivity contribution in [1.29, 1.82) is 0 Å². The van der Waals surface area contributed by atoms with Gasteiger partial charge in [0.05, 0.1) is 23.8 Å². The number of fused-ring (bicyclic) bond motifs is 1. The van der Waals surface area contributed by atoms with E-state index in [1.165, 1.54) is 0 Å². The molecule has 4 aromatic rings. The molecule has 1 aliphatic heterocycles. The number of hydrogen-bond donors (Lipinski definition) is 1. The summed E-state index contributed by atoms with van der Waals surface area (Å²) in [6, 6.07) is 19.9. The van der Waals surface area contributed by atoms with E-state index in [-0.39, 0.29) is 11.2 Å². The third-order valence-electron chi connectivity index (χ3n) is 5.45. The zero-order chi connectivity index (χ0) is 22.9. The highest BCUT2D eigenvalue weighted by Gasteiger charge is 2.33. The van der Waals surface area contributed by atoms with Crippen molar-refractivity contribution in [2.24, 2.45) is 0 Å². The number of nitrogens with one attached hydrogen (secondary N) is 1. The van der Waals surface area contributed by atoms with Crippen molar-refractivity contribution in [3.63, 3.8) is 0 Å². The third-order valence-corrected chi connectivity index (χ3v) is 6.72. The molecule has 33 heavy (non-hydrogen) atoms. The Balaban J connectivity index is 1.77. The minimum absolute atomic E-state index is 0.0811. The van der Waals surface area contributed by atoms with Crippen LogP contribution in [0.25, 0.3) is 17.2 Å². The number of nitrogens with zero attached hydrogens (tertiary/aromatic N) is 4. The quantitative estimate of drug-likeness (QED) is 0.477. The van der Waals surface area contributed by atoms with E-state index in [0.717, 1.165) is 39.5 Å². The van der Waals surface area contributed by atoms with Gasteiger partial charge in [0.15, 0.2) is 0 Å². The molecule has 0 saturated carbocycles. The molecular formula is C25H23N5O2S. The lowest BCUT2D eigenvalue weighted by molar-refractivity contribution is -0.113. The van der Waals surface area contributed by atoms with Gasteiger partial charge in [0.25, 0.3) is 5.95 Å². The van der Waals surface area contributed by atoms with Gasteiger partial charge in [-0.25, -0.2) is 9.97 Å². The Kier molecular flexibility index (Phi) is 5.60. The fourth-order valence-electron chi connectivity index (χ4n) is 4.01. The second kappa shape index (κ2) is 8.71. The van der Waals surface area contributed by atoms with Crippen LogP contribution in [0.15, 0.2) is 60.7 Å². The maximum atomic E-state index is 12.8. The van der Waals surface area contributed by atoms with E-state index in [2.05, 4.69) is 15.3 Å². The summed E-state index contributed by atoms with van der Waals surface area (Å²) in [5.74, 6) is 2.07. The van der Waals surface area contributed by atoms with Crippen LogP contribution in [0.2, 0.25) is 0 Å². The zero-order valence-electron chi connectivity index (χ0n) is 18.6. The predicted octanol–water partition coefficient (Wildman–Crippen LogP) is 4.73. The lowest BCUT2D eigenvalue weighted by Crippen LogP contribution is -2.17. The molecule has 2 aromatic heterocycles. The van der Waals surface area contributed by atoms with Crippen molar-refractivity contribution in [2.75, 3.05) is 18.2 Å². The molecule has 0 unspecified atom stereocenters. The minimum atomic E-state index is -0.111. The van der Waals surface area contributed by atoms with E-state index >= 15 is 0 Å². The number of carbonyl (C=O) groups is 1. The van der Waals surface area contributed by atoms with Crippen LogP contribution in [0.3, 0.4) is 0 Å². The smallest absolute Gasteiger partial charge is 0.252 e. The number of methoxy groups -OCH3 is 1. The number of ether oxygens (including phenoxy) is 1. The molecule has 3 heterocycles. The molecule has 0 bridgehead atoms. The van der Waals surface area contributed by atoms with Crippen LogP contribution in [-0.2, 0) is 4.79 Å². The molecule has 5 rings (SSSR count). The van der Waals surface area contributed by atoms with Crippen molar-refractivity contribution in [2.45, 2.75) is 19.1 Å². The summed E-state index contributed by atoms with van der Waals surface area (Å²) >= 11 is 1.58. The van der Waals surface area contributed by atoms with Gasteiger partial charge < -0.3 is 10.1 Å². The summed E-state index contributed by atoms with van der Waals surface area (Å²) in [6.07, 6.45) is 0. The number of rotatable bonds is 4. The van der Waals surface area contributed by atoms with Crippen LogP contribution in [0.4, 0.5) is 5.82 Å². The first-order valence-corrected chi connectivity index (χ1v) is 11.6. The molecule has 1 atom stereocenters. The van der Waals surface area contributed by atoms with Gasteiger partial charge in [0.2, 0.25) is 5.91 Å². The largest absolute Gasteiger partial charge is 0.497 e. The summed E-state index contributed by atoms with van der Waals surface area (Å²) in [4.78, 5) is 22.0. The molecule has 7 nitrogen and oxygen atoms in total. The van der Waals surface area contributed by atoms with Crippen molar-refractivity contribution in [3.05, 3.63) is 83.2 Å². The number of aromatic nitrogens is 4. The molecule has 0 fully saturated rings. The molecule has 0 saturated heterocycles. The van der Waals surface area contributed by atoms with Crippen LogP contribution in [0, 0.1) is 13.8 Å². The Hall–Kier alpha value is -3.65. The first kappa shape index (κ1) is 21.2. The maximum Gasteiger partial charge on any atom is 0.252 e. The summed E-state index contributed by atoms with van der Waals surface area (Å²) in [5, 5.41) is 7.90. The van der Waals surface area contributed by atoms with E-state index in [4.69, 9.17) is 9.84 Å². The van der Waals surface area contributed by atoms with E-state index in [1.54, 1.807) is 23.6 Å². The highest BCUT2D eigenvalue weighted by molar-refractivity contribution is 8.00. The fraction of sp³-hybridized carbons (Fsp3) is 0.200. The van der Waals surface area contributed by atoms with E-state index in [0.29, 0.717) is 17.5 Å². The number of aryl methyl sites for hydroxylation is 2. The van der Waals surface area contributed by atoms with Crippen molar-refractivity contribution in [1.82, 2.24) is 19.7 Å². The third kappa shape index (κ3) is 4.09. The van der Waals surface area contributed by atoms with Crippen LogP contribution < -0.4 is 10.1 Å². The normalized spacial score (nSPS) is 15.5. The van der Waals surface area contributed by atoms with E-state index < -0.39 is 0 Å². The fourth-order valence-corrected chi connectivity index (χ4v) is 5.14. The van der Waals surface area contributed by atoms with Crippen LogP contribution in [-0.4, -0.2) is 38.5 Å². The lowest BCUT2D eigenvalue weighted by atomic mass is 10.00. The van der Waals surface area contributed by atoms with Crippen molar-refractivity contribution < 1.29 is 9.53 Å². The van der Waals surface area contributed by atoms with Gasteiger partial charge in [-0.05, 0) is 37.6 Å². The Morgan fingerprint density at radius 3 is 2.39 bits per heavy atom. The van der Waals surface area contributed by atoms with Crippen LogP contribution in [0.1, 0.15) is 27.8 Å². The molecule has 1 N–H and O–H groups in total. The van der Waals surface area contributed by atoms with E-state index in [1.807, 2.05) is 74.5 Å². The Morgan fingerprint density at radius 1 is 1.03 bits per heavy atom. The van der Waals surface area contributed by atoms with Gasteiger partial charge in [-0.3, -0.25) is 4.79 Å². The average Bonchev–Trinajstić information content (AvgIpc) is 3.09. The maximum absolute atomic E-state index is 12.8. The minimum Gasteiger partial charge on any atom is -0.497 e.